The molecule has 0 spiro atoms. The summed E-state index contributed by atoms with van der Waals surface area (Å²) in [6, 6.07) is 8.93. The Hall–Kier alpha value is -1.97. The lowest BCUT2D eigenvalue weighted by atomic mass is 9.95. The lowest BCUT2D eigenvalue weighted by molar-refractivity contribution is 0.231. The second kappa shape index (κ2) is 6.15. The lowest BCUT2D eigenvalue weighted by Crippen LogP contribution is -2.45. The number of carbonyl (C=O) groups excluding carboxylic acids is 1. The molecule has 2 aromatic rings. The van der Waals surface area contributed by atoms with Crippen molar-refractivity contribution in [3.05, 3.63) is 36.0 Å². The van der Waals surface area contributed by atoms with Gasteiger partial charge >= 0.3 is 6.03 Å². The van der Waals surface area contributed by atoms with Gasteiger partial charge in [-0.25, -0.2) is 4.79 Å². The first-order valence-corrected chi connectivity index (χ1v) is 9.27. The highest BCUT2D eigenvalue weighted by Gasteiger charge is 2.46. The number of urea groups is 1. The second-order valence-electron chi connectivity index (χ2n) is 7.61. The molecule has 0 aliphatic heterocycles. The van der Waals surface area contributed by atoms with E-state index in [0.717, 1.165) is 32.2 Å². The number of aromatic nitrogens is 1. The first kappa shape index (κ1) is 15.6. The number of nitrogens with zero attached hydrogens (tertiary/aromatic N) is 1. The average Bonchev–Trinajstić information content (AvgIpc) is 3.32. The lowest BCUT2D eigenvalue weighted by Gasteiger charge is -2.24. The van der Waals surface area contributed by atoms with Crippen molar-refractivity contribution in [2.24, 2.45) is 7.05 Å². The molecule has 4 heteroatoms. The molecule has 1 aromatic heterocycles. The van der Waals surface area contributed by atoms with Crippen molar-refractivity contribution in [2.75, 3.05) is 6.54 Å². The standard InChI is InChI=1S/C20H27N3O/c1-23-13-17(16-9-5-6-10-18(16)23)20(11-12-20)14-21-19(24)22-15-7-3-2-4-8-15/h5-6,9-10,13,15H,2-4,7-8,11-12,14H2,1H3,(H2,21,22,24). The van der Waals surface area contributed by atoms with Gasteiger partial charge in [-0.05, 0) is 37.3 Å². The first-order valence-electron chi connectivity index (χ1n) is 9.27. The van der Waals surface area contributed by atoms with Crippen molar-refractivity contribution in [1.29, 1.82) is 0 Å². The van der Waals surface area contributed by atoms with Crippen LogP contribution < -0.4 is 10.6 Å². The van der Waals surface area contributed by atoms with Crippen molar-refractivity contribution in [2.45, 2.75) is 56.4 Å². The van der Waals surface area contributed by atoms with Gasteiger partial charge in [-0.3, -0.25) is 0 Å². The Labute approximate surface area is 143 Å². The van der Waals surface area contributed by atoms with Gasteiger partial charge < -0.3 is 15.2 Å². The van der Waals surface area contributed by atoms with Gasteiger partial charge in [0.1, 0.15) is 0 Å². The summed E-state index contributed by atoms with van der Waals surface area (Å²) in [5.41, 5.74) is 2.79. The molecule has 0 bridgehead atoms. The molecule has 1 heterocycles. The summed E-state index contributed by atoms with van der Waals surface area (Å²) in [5, 5.41) is 7.63. The number of hydrogen-bond donors (Lipinski definition) is 2. The second-order valence-corrected chi connectivity index (χ2v) is 7.61. The van der Waals surface area contributed by atoms with Crippen LogP contribution in [0.25, 0.3) is 10.9 Å². The normalized spacial score (nSPS) is 20.0. The topological polar surface area (TPSA) is 46.1 Å². The zero-order valence-electron chi connectivity index (χ0n) is 14.5. The van der Waals surface area contributed by atoms with Crippen molar-refractivity contribution in [3.8, 4) is 0 Å². The summed E-state index contributed by atoms with van der Waals surface area (Å²) >= 11 is 0. The van der Waals surface area contributed by atoms with E-state index in [2.05, 4.69) is 52.7 Å². The third-order valence-electron chi connectivity index (χ3n) is 5.85. The maximum absolute atomic E-state index is 12.3. The van der Waals surface area contributed by atoms with Crippen LogP contribution in [0.3, 0.4) is 0 Å². The number of nitrogens with one attached hydrogen (secondary N) is 2. The van der Waals surface area contributed by atoms with Crippen LogP contribution >= 0.6 is 0 Å². The SMILES string of the molecule is Cn1cc(C2(CNC(=O)NC3CCCCC3)CC2)c2ccccc21. The van der Waals surface area contributed by atoms with Crippen molar-refractivity contribution in [1.82, 2.24) is 15.2 Å². The minimum absolute atomic E-state index is 0.00779. The Morgan fingerprint density at radius 1 is 1.21 bits per heavy atom. The molecular weight excluding hydrogens is 298 g/mol. The molecule has 1 aromatic carbocycles. The van der Waals surface area contributed by atoms with Gasteiger partial charge in [0, 0.05) is 42.1 Å². The smallest absolute Gasteiger partial charge is 0.315 e. The van der Waals surface area contributed by atoms with E-state index < -0.39 is 0 Å². The largest absolute Gasteiger partial charge is 0.350 e. The molecule has 0 unspecified atom stereocenters. The maximum Gasteiger partial charge on any atom is 0.315 e. The molecule has 2 N–H and O–H groups in total. The summed E-state index contributed by atoms with van der Waals surface area (Å²) in [7, 11) is 2.10. The number of para-hydroxylation sites is 1. The number of amides is 2. The summed E-state index contributed by atoms with van der Waals surface area (Å²) < 4.78 is 2.20. The van der Waals surface area contributed by atoms with Crippen molar-refractivity contribution < 1.29 is 4.79 Å². The highest BCUT2D eigenvalue weighted by molar-refractivity contribution is 5.85. The average molecular weight is 325 g/mol. The molecule has 2 saturated carbocycles. The number of carbonyl (C=O) groups is 1. The van der Waals surface area contributed by atoms with Crippen LogP contribution in [0.5, 0.6) is 0 Å². The molecule has 128 valence electrons. The zero-order valence-corrected chi connectivity index (χ0v) is 14.5. The Morgan fingerprint density at radius 2 is 1.96 bits per heavy atom. The summed E-state index contributed by atoms with van der Waals surface area (Å²) in [4.78, 5) is 12.3. The predicted molar refractivity (Wildman–Crippen MR) is 97.2 cm³/mol. The monoisotopic (exact) mass is 325 g/mol. The third kappa shape index (κ3) is 2.90. The van der Waals surface area contributed by atoms with Gasteiger partial charge in [-0.15, -0.1) is 0 Å². The molecule has 4 rings (SSSR count). The molecule has 0 atom stereocenters. The molecule has 24 heavy (non-hydrogen) atoms. The van der Waals surface area contributed by atoms with Crippen molar-refractivity contribution in [3.63, 3.8) is 0 Å². The fraction of sp³-hybridized carbons (Fsp3) is 0.550. The minimum Gasteiger partial charge on any atom is -0.350 e. The van der Waals surface area contributed by atoms with E-state index in [0.29, 0.717) is 6.04 Å². The van der Waals surface area contributed by atoms with Crippen LogP contribution in [0.2, 0.25) is 0 Å². The molecule has 0 saturated heterocycles. The van der Waals surface area contributed by atoms with Gasteiger partial charge in [-0.1, -0.05) is 37.5 Å². The maximum atomic E-state index is 12.3. The Bertz CT molecular complexity index is 738. The van der Waals surface area contributed by atoms with E-state index in [9.17, 15) is 4.79 Å². The van der Waals surface area contributed by atoms with Gasteiger partial charge in [0.05, 0.1) is 0 Å². The molecule has 2 aliphatic carbocycles. The van der Waals surface area contributed by atoms with Gasteiger partial charge in [-0.2, -0.15) is 0 Å². The highest BCUT2D eigenvalue weighted by Crippen LogP contribution is 2.50. The number of benzene rings is 1. The van der Waals surface area contributed by atoms with Crippen LogP contribution in [-0.4, -0.2) is 23.2 Å². The summed E-state index contributed by atoms with van der Waals surface area (Å²) in [6.07, 6.45) is 10.6. The van der Waals surface area contributed by atoms with Crippen LogP contribution in [0, 0.1) is 0 Å². The van der Waals surface area contributed by atoms with E-state index in [-0.39, 0.29) is 11.4 Å². The summed E-state index contributed by atoms with van der Waals surface area (Å²) in [6.45, 7) is 0.736. The molecule has 4 nitrogen and oxygen atoms in total. The highest BCUT2D eigenvalue weighted by atomic mass is 16.2. The molecular formula is C20H27N3O. The fourth-order valence-electron chi connectivity index (χ4n) is 4.19. The molecule has 2 aliphatic rings. The zero-order chi connectivity index (χ0) is 16.6. The van der Waals surface area contributed by atoms with Crippen LogP contribution in [0.1, 0.15) is 50.5 Å². The molecule has 2 amide bonds. The number of hydrogen-bond acceptors (Lipinski definition) is 1. The van der Waals surface area contributed by atoms with E-state index >= 15 is 0 Å². The fourth-order valence-corrected chi connectivity index (χ4v) is 4.19. The minimum atomic E-state index is 0.00779. The Kier molecular flexibility index (Phi) is 3.99. The van der Waals surface area contributed by atoms with E-state index in [1.807, 2.05) is 0 Å². The number of aryl methyl sites for hydroxylation is 1. The molecule has 2 fully saturated rings. The predicted octanol–water partition coefficient (Wildman–Crippen LogP) is 3.84. The third-order valence-corrected chi connectivity index (χ3v) is 5.85. The van der Waals surface area contributed by atoms with Crippen LogP contribution in [-0.2, 0) is 12.5 Å². The Balaban J connectivity index is 1.43. The number of rotatable bonds is 4. The first-order chi connectivity index (χ1) is 11.7. The van der Waals surface area contributed by atoms with E-state index in [1.165, 1.54) is 35.7 Å². The van der Waals surface area contributed by atoms with Gasteiger partial charge in [0.2, 0.25) is 0 Å². The Morgan fingerprint density at radius 3 is 2.71 bits per heavy atom. The number of fused-ring (bicyclic) bond motifs is 1. The van der Waals surface area contributed by atoms with Gasteiger partial charge in [0.15, 0.2) is 0 Å². The van der Waals surface area contributed by atoms with Crippen LogP contribution in [0.15, 0.2) is 30.5 Å². The van der Waals surface area contributed by atoms with E-state index in [1.54, 1.807) is 0 Å². The van der Waals surface area contributed by atoms with Gasteiger partial charge in [0.25, 0.3) is 0 Å². The molecule has 0 radical (unpaired) electrons. The quantitative estimate of drug-likeness (QED) is 0.881. The summed E-state index contributed by atoms with van der Waals surface area (Å²) in [5.74, 6) is 0. The van der Waals surface area contributed by atoms with E-state index in [4.69, 9.17) is 0 Å². The van der Waals surface area contributed by atoms with Crippen LogP contribution in [0.4, 0.5) is 4.79 Å². The van der Waals surface area contributed by atoms with Crippen molar-refractivity contribution >= 4 is 16.9 Å².